The Kier molecular flexibility index (Phi) is 6.53. The van der Waals surface area contributed by atoms with E-state index in [0.29, 0.717) is 13.0 Å². The number of carbonyl (C=O) groups excluding carboxylic acids is 1. The molecule has 0 aliphatic carbocycles. The summed E-state index contributed by atoms with van der Waals surface area (Å²) in [7, 11) is -2.08. The van der Waals surface area contributed by atoms with E-state index in [-0.39, 0.29) is 12.1 Å². The molecule has 16 heavy (non-hydrogen) atoms. The first-order valence-electron chi connectivity index (χ1n) is 5.31. The Balaban J connectivity index is 3.71. The molecular formula is C10H21NO4P+. The van der Waals surface area contributed by atoms with Gasteiger partial charge in [0.2, 0.25) is 0 Å². The fourth-order valence-corrected chi connectivity index (χ4v) is 1.67. The summed E-state index contributed by atoms with van der Waals surface area (Å²) in [5.41, 5.74) is -0.498. The number of hydrogen-bond donors (Lipinski definition) is 2. The highest BCUT2D eigenvalue weighted by atomic mass is 31.1. The Hall–Kier alpha value is -0.670. The van der Waals surface area contributed by atoms with E-state index in [1.54, 1.807) is 20.8 Å². The zero-order chi connectivity index (χ0) is 12.8. The van der Waals surface area contributed by atoms with Crippen LogP contribution in [0.3, 0.4) is 0 Å². The minimum absolute atomic E-state index is 0.165. The summed E-state index contributed by atoms with van der Waals surface area (Å²) in [6.45, 7) is 7.76. The van der Waals surface area contributed by atoms with Crippen molar-refractivity contribution in [3.63, 3.8) is 0 Å². The molecule has 0 saturated heterocycles. The van der Waals surface area contributed by atoms with Gasteiger partial charge in [-0.3, -0.25) is 0 Å². The number of nitrogens with one attached hydrogen (secondary N) is 1. The van der Waals surface area contributed by atoms with Crippen molar-refractivity contribution in [3.05, 3.63) is 0 Å². The van der Waals surface area contributed by atoms with Crippen molar-refractivity contribution in [3.8, 4) is 0 Å². The van der Waals surface area contributed by atoms with E-state index in [0.717, 1.165) is 0 Å². The third kappa shape index (κ3) is 9.87. The van der Waals surface area contributed by atoms with Crippen molar-refractivity contribution >= 4 is 14.1 Å². The SMILES string of the molecule is CC(CC[P+](=O)O)CNC(=O)OC(C)(C)C. The Bertz CT molecular complexity index is 250. The van der Waals surface area contributed by atoms with Crippen LogP contribution in [0.1, 0.15) is 34.1 Å². The van der Waals surface area contributed by atoms with Gasteiger partial charge in [0.15, 0.2) is 6.16 Å². The van der Waals surface area contributed by atoms with Crippen LogP contribution in [-0.2, 0) is 9.30 Å². The lowest BCUT2D eigenvalue weighted by Gasteiger charge is -2.20. The van der Waals surface area contributed by atoms with Crippen LogP contribution in [0, 0.1) is 5.92 Å². The molecule has 0 fully saturated rings. The lowest BCUT2D eigenvalue weighted by atomic mass is 10.1. The highest BCUT2D eigenvalue weighted by molar-refractivity contribution is 7.37. The molecule has 0 heterocycles. The van der Waals surface area contributed by atoms with Gasteiger partial charge in [0.1, 0.15) is 5.60 Å². The first-order valence-corrected chi connectivity index (χ1v) is 6.71. The number of ether oxygens (including phenoxy) is 1. The minimum atomic E-state index is -2.08. The van der Waals surface area contributed by atoms with Crippen LogP contribution in [0.25, 0.3) is 0 Å². The highest BCUT2D eigenvalue weighted by Gasteiger charge is 2.17. The van der Waals surface area contributed by atoms with Gasteiger partial charge in [0, 0.05) is 6.54 Å². The van der Waals surface area contributed by atoms with Crippen molar-refractivity contribution in [2.75, 3.05) is 12.7 Å². The molecule has 0 aromatic heterocycles. The molecule has 0 bridgehead atoms. The Morgan fingerprint density at radius 2 is 2.06 bits per heavy atom. The molecule has 6 heteroatoms. The van der Waals surface area contributed by atoms with Crippen LogP contribution < -0.4 is 5.32 Å². The molecule has 0 aromatic rings. The minimum Gasteiger partial charge on any atom is -0.444 e. The molecule has 2 N–H and O–H groups in total. The zero-order valence-electron chi connectivity index (χ0n) is 10.3. The summed E-state index contributed by atoms with van der Waals surface area (Å²) in [5, 5.41) is 2.63. The van der Waals surface area contributed by atoms with E-state index < -0.39 is 19.7 Å². The number of carbonyl (C=O) groups is 1. The van der Waals surface area contributed by atoms with E-state index in [1.807, 2.05) is 6.92 Å². The number of alkyl carbamates (subject to hydrolysis) is 1. The summed E-state index contributed by atoms with van der Waals surface area (Å²) >= 11 is 0. The second kappa shape index (κ2) is 6.81. The maximum absolute atomic E-state index is 11.3. The summed E-state index contributed by atoms with van der Waals surface area (Å²) in [5.74, 6) is 0.165. The average molecular weight is 250 g/mol. The molecule has 2 unspecified atom stereocenters. The van der Waals surface area contributed by atoms with Crippen molar-refractivity contribution < 1.29 is 19.0 Å². The third-order valence-corrected chi connectivity index (χ3v) is 2.45. The molecule has 5 nitrogen and oxygen atoms in total. The second-order valence-electron chi connectivity index (χ2n) is 4.85. The molecule has 0 aliphatic heterocycles. The number of amides is 1. The molecular weight excluding hydrogens is 229 g/mol. The molecule has 94 valence electrons. The molecule has 0 radical (unpaired) electrons. The van der Waals surface area contributed by atoms with Gasteiger partial charge in [-0.15, -0.1) is 0 Å². The maximum atomic E-state index is 11.3. The molecule has 0 saturated carbocycles. The van der Waals surface area contributed by atoms with E-state index in [2.05, 4.69) is 5.32 Å². The summed E-state index contributed by atoms with van der Waals surface area (Å²) in [4.78, 5) is 19.9. The fraction of sp³-hybridized carbons (Fsp3) is 0.900. The Labute approximate surface area is 97.4 Å². The van der Waals surface area contributed by atoms with Gasteiger partial charge >= 0.3 is 14.1 Å². The quantitative estimate of drug-likeness (QED) is 0.734. The summed E-state index contributed by atoms with van der Waals surface area (Å²) in [6.07, 6.45) is 0.432. The first kappa shape index (κ1) is 15.3. The Morgan fingerprint density at radius 1 is 1.50 bits per heavy atom. The standard InChI is InChI=1S/C10H20NO4P/c1-8(5-6-16(13)14)7-11-9(12)15-10(2,3)4/h8H,5-7H2,1-4H3,(H-,11,12,13,14)/p+1. The van der Waals surface area contributed by atoms with Gasteiger partial charge < -0.3 is 10.1 Å². The van der Waals surface area contributed by atoms with E-state index >= 15 is 0 Å². The van der Waals surface area contributed by atoms with Crippen molar-refractivity contribution in [1.29, 1.82) is 0 Å². The molecule has 0 aliphatic rings. The van der Waals surface area contributed by atoms with Crippen LogP contribution in [0.5, 0.6) is 0 Å². The third-order valence-electron chi connectivity index (χ3n) is 1.81. The van der Waals surface area contributed by atoms with Gasteiger partial charge in [-0.2, -0.15) is 4.89 Å². The average Bonchev–Trinajstić information content (AvgIpc) is 2.08. The van der Waals surface area contributed by atoms with Crippen LogP contribution in [-0.4, -0.2) is 29.3 Å². The molecule has 0 spiro atoms. The van der Waals surface area contributed by atoms with Crippen LogP contribution in [0.4, 0.5) is 4.79 Å². The van der Waals surface area contributed by atoms with Crippen molar-refractivity contribution in [1.82, 2.24) is 5.32 Å². The normalized spacial score (nSPS) is 14.2. The van der Waals surface area contributed by atoms with Gasteiger partial charge in [0.05, 0.1) is 0 Å². The maximum Gasteiger partial charge on any atom is 0.505 e. The first-order chi connectivity index (χ1) is 7.20. The topological polar surface area (TPSA) is 75.6 Å². The van der Waals surface area contributed by atoms with E-state index in [4.69, 9.17) is 9.63 Å². The predicted molar refractivity (Wildman–Crippen MR) is 62.7 cm³/mol. The molecule has 0 aromatic carbocycles. The summed E-state index contributed by atoms with van der Waals surface area (Å²) in [6, 6.07) is 0. The number of hydrogen-bond acceptors (Lipinski definition) is 3. The zero-order valence-corrected chi connectivity index (χ0v) is 11.2. The lowest BCUT2D eigenvalue weighted by molar-refractivity contribution is 0.0520. The van der Waals surface area contributed by atoms with E-state index in [9.17, 15) is 9.36 Å². The van der Waals surface area contributed by atoms with Crippen LogP contribution >= 0.6 is 8.03 Å². The van der Waals surface area contributed by atoms with Gasteiger partial charge in [-0.25, -0.2) is 4.79 Å². The molecule has 2 atom stereocenters. The van der Waals surface area contributed by atoms with Crippen molar-refractivity contribution in [2.24, 2.45) is 5.92 Å². The lowest BCUT2D eigenvalue weighted by Crippen LogP contribution is -2.34. The molecule has 0 rings (SSSR count). The van der Waals surface area contributed by atoms with Crippen molar-refractivity contribution in [2.45, 2.75) is 39.7 Å². The van der Waals surface area contributed by atoms with E-state index in [1.165, 1.54) is 0 Å². The monoisotopic (exact) mass is 250 g/mol. The van der Waals surface area contributed by atoms with Crippen LogP contribution in [0.2, 0.25) is 0 Å². The highest BCUT2D eigenvalue weighted by Crippen LogP contribution is 2.17. The largest absolute Gasteiger partial charge is 0.505 e. The summed E-state index contributed by atoms with van der Waals surface area (Å²) < 4.78 is 15.5. The van der Waals surface area contributed by atoms with Gasteiger partial charge in [0.25, 0.3) is 0 Å². The van der Waals surface area contributed by atoms with Gasteiger partial charge in [-0.1, -0.05) is 6.92 Å². The Morgan fingerprint density at radius 3 is 2.50 bits per heavy atom. The van der Waals surface area contributed by atoms with Crippen LogP contribution in [0.15, 0.2) is 0 Å². The second-order valence-corrected chi connectivity index (χ2v) is 6.00. The number of rotatable bonds is 5. The van der Waals surface area contributed by atoms with Gasteiger partial charge in [-0.05, 0) is 37.7 Å². The smallest absolute Gasteiger partial charge is 0.444 e. The molecule has 1 amide bonds. The predicted octanol–water partition coefficient (Wildman–Crippen LogP) is 2.27. The fourth-order valence-electron chi connectivity index (χ4n) is 1.00.